The maximum Gasteiger partial charge on any atom is 0.324 e. The first kappa shape index (κ1) is 49.4. The summed E-state index contributed by atoms with van der Waals surface area (Å²) in [6.07, 6.45) is 7.85. The van der Waals surface area contributed by atoms with Gasteiger partial charge in [-0.05, 0) is 92.0 Å². The van der Waals surface area contributed by atoms with Gasteiger partial charge in [0.1, 0.15) is 24.2 Å². The monoisotopic (exact) mass is 962 g/mol. The number of esters is 1. The Labute approximate surface area is 411 Å². The SMILES string of the molecule is C=CC(=O)N1CCOC2(CCN(C(=O)N(C)[C@H](C(=O)N[C@H]3CN4CCC=C(C4)c4ccc5c(c4)c4c(n5CC)-c5cccnc5[C@@H](OC)C4C(C)(C)COC(=O)[C@@H]4CCCN(N4)C3=O)C(C)C)CC2)C1. The molecule has 7 heterocycles. The third kappa shape index (κ3) is 9.14. The maximum atomic E-state index is 14.9. The number of carbonyl (C=O) groups is 5. The fourth-order valence-corrected chi connectivity index (χ4v) is 12.2. The first-order valence-electron chi connectivity index (χ1n) is 25.3. The van der Waals surface area contributed by atoms with Gasteiger partial charge in [0.15, 0.2) is 0 Å². The van der Waals surface area contributed by atoms with Crippen molar-refractivity contribution in [2.24, 2.45) is 11.3 Å². The van der Waals surface area contributed by atoms with Crippen molar-refractivity contribution in [3.63, 3.8) is 0 Å². The molecule has 2 aromatic heterocycles. The summed E-state index contributed by atoms with van der Waals surface area (Å²) >= 11 is 0. The normalized spacial score (nSPS) is 25.9. The molecule has 0 radical (unpaired) electrons. The molecular formula is C53H71N9O8. The molecule has 1 aliphatic carbocycles. The smallest absolute Gasteiger partial charge is 0.324 e. The largest absolute Gasteiger partial charge is 0.464 e. The highest BCUT2D eigenvalue weighted by Crippen LogP contribution is 2.57. The van der Waals surface area contributed by atoms with Crippen LogP contribution >= 0.6 is 0 Å². The van der Waals surface area contributed by atoms with Gasteiger partial charge >= 0.3 is 12.0 Å². The lowest BCUT2D eigenvalue weighted by Gasteiger charge is -2.47. The molecule has 3 aromatic rings. The van der Waals surface area contributed by atoms with E-state index in [0.29, 0.717) is 78.1 Å². The van der Waals surface area contributed by atoms with Crippen LogP contribution in [0.5, 0.6) is 0 Å². The van der Waals surface area contributed by atoms with E-state index in [-0.39, 0.29) is 42.8 Å². The molecular weight excluding hydrogens is 891 g/mol. The molecule has 17 heteroatoms. The number of urea groups is 1. The summed E-state index contributed by atoms with van der Waals surface area (Å²) in [6, 6.07) is 7.78. The minimum absolute atomic E-state index is 0.0889. The van der Waals surface area contributed by atoms with Crippen molar-refractivity contribution in [2.45, 2.75) is 109 Å². The number of nitrogens with zero attached hydrogens (tertiary/aromatic N) is 7. The van der Waals surface area contributed by atoms with Gasteiger partial charge in [0, 0.05) is 101 Å². The van der Waals surface area contributed by atoms with Crippen LogP contribution < -0.4 is 10.7 Å². The van der Waals surface area contributed by atoms with Crippen molar-refractivity contribution in [3.05, 3.63) is 72.1 Å². The van der Waals surface area contributed by atoms with Gasteiger partial charge in [-0.25, -0.2) is 10.2 Å². The number of carbonyl (C=O) groups excluding carboxylic acids is 5. The number of aromatic nitrogens is 2. The van der Waals surface area contributed by atoms with Crippen LogP contribution in [-0.4, -0.2) is 167 Å². The van der Waals surface area contributed by atoms with Crippen molar-refractivity contribution < 1.29 is 38.2 Å². The number of fused-ring (bicyclic) bond motifs is 8. The molecule has 376 valence electrons. The molecule has 3 fully saturated rings. The number of rotatable bonds is 7. The Kier molecular flexibility index (Phi) is 14.0. The second kappa shape index (κ2) is 19.9. The fourth-order valence-electron chi connectivity index (χ4n) is 12.2. The van der Waals surface area contributed by atoms with Crippen molar-refractivity contribution in [2.75, 3.05) is 79.7 Å². The number of cyclic esters (lactones) is 1. The Morgan fingerprint density at radius 3 is 2.60 bits per heavy atom. The molecule has 2 N–H and O–H groups in total. The number of nitrogens with one attached hydrogen (secondary N) is 2. The quantitative estimate of drug-likeness (QED) is 0.238. The average molecular weight is 962 g/mol. The molecule has 9 rings (SSSR count). The Balaban J connectivity index is 1.01. The number of methoxy groups -OCH3 is 1. The Morgan fingerprint density at radius 2 is 1.87 bits per heavy atom. The molecule has 6 bridgehead atoms. The lowest BCUT2D eigenvalue weighted by atomic mass is 9.67. The average Bonchev–Trinajstić information content (AvgIpc) is 3.70. The van der Waals surface area contributed by atoms with E-state index in [0.717, 1.165) is 57.5 Å². The van der Waals surface area contributed by atoms with Gasteiger partial charge in [-0.2, -0.15) is 0 Å². The summed E-state index contributed by atoms with van der Waals surface area (Å²) in [6.45, 7) is 18.6. The van der Waals surface area contributed by atoms with Crippen LogP contribution in [0.15, 0.2) is 55.3 Å². The van der Waals surface area contributed by atoms with Crippen LogP contribution in [0.25, 0.3) is 27.7 Å². The van der Waals surface area contributed by atoms with Crippen LogP contribution in [0.3, 0.4) is 0 Å². The number of benzene rings is 1. The molecule has 6 aliphatic rings. The number of ether oxygens (including phenoxy) is 3. The number of morpholine rings is 1. The number of aryl methyl sites for hydroxylation is 1. The van der Waals surface area contributed by atoms with E-state index in [1.165, 1.54) is 16.0 Å². The summed E-state index contributed by atoms with van der Waals surface area (Å²) in [5.74, 6) is -1.93. The van der Waals surface area contributed by atoms with Gasteiger partial charge in [0.2, 0.25) is 11.8 Å². The van der Waals surface area contributed by atoms with Gasteiger partial charge in [0.05, 0.1) is 36.7 Å². The highest BCUT2D eigenvalue weighted by molar-refractivity contribution is 5.97. The number of hydrogen-bond acceptors (Lipinski definition) is 11. The van der Waals surface area contributed by atoms with Gasteiger partial charge in [-0.15, -0.1) is 0 Å². The Bertz CT molecular complexity index is 2560. The van der Waals surface area contributed by atoms with Crippen molar-refractivity contribution in [1.29, 1.82) is 0 Å². The Morgan fingerprint density at radius 1 is 1.09 bits per heavy atom. The zero-order chi connectivity index (χ0) is 49.6. The van der Waals surface area contributed by atoms with E-state index >= 15 is 0 Å². The lowest BCUT2D eigenvalue weighted by Crippen LogP contribution is -2.64. The molecule has 3 saturated heterocycles. The van der Waals surface area contributed by atoms with Crippen LogP contribution in [0.2, 0.25) is 0 Å². The molecule has 1 aromatic carbocycles. The number of piperidine rings is 1. The summed E-state index contributed by atoms with van der Waals surface area (Å²) in [5, 5.41) is 5.71. The van der Waals surface area contributed by atoms with Crippen LogP contribution in [0.1, 0.15) is 95.6 Å². The van der Waals surface area contributed by atoms with Crippen molar-refractivity contribution in [1.82, 2.24) is 44.9 Å². The van der Waals surface area contributed by atoms with Gasteiger partial charge in [-0.3, -0.25) is 34.1 Å². The van der Waals surface area contributed by atoms with E-state index in [4.69, 9.17) is 19.2 Å². The summed E-state index contributed by atoms with van der Waals surface area (Å²) in [7, 11) is 3.37. The van der Waals surface area contributed by atoms with Crippen LogP contribution in [-0.2, 0) is 39.9 Å². The predicted molar refractivity (Wildman–Crippen MR) is 265 cm³/mol. The fraction of sp³-hybridized carbons (Fsp3) is 0.585. The number of pyridine rings is 1. The third-order valence-electron chi connectivity index (χ3n) is 15.8. The van der Waals surface area contributed by atoms with Gasteiger partial charge in [0.25, 0.3) is 5.91 Å². The van der Waals surface area contributed by atoms with Crippen molar-refractivity contribution >= 4 is 46.2 Å². The number of amides is 5. The zero-order valence-corrected chi connectivity index (χ0v) is 42.0. The topological polar surface area (TPSA) is 171 Å². The standard InChI is InChI=1S/C53H71N9O8/c1-9-41(63)60-26-27-70-53(31-60)19-24-59(25-20-53)51(67)57(7)45(33(3)4)48(64)55-39-30-58-22-12-14-35(29-58)34-17-18-40-37(28-34)42-43(47(68-8)44-36(15-11-21-54-44)46(42)61(40)10-2)52(5,6)32-69-50(66)38-16-13-23-62(56-38)49(39)65/h9,11,14-15,17-18,21,28,33,38-39,43,45,47,56H,1,10,12-13,16,19-20,22-27,29-32H2,2-8H3,(H,55,64)/t38-,39-,43?,45-,47-/m0/s1. The van der Waals surface area contributed by atoms with Crippen LogP contribution in [0.4, 0.5) is 4.79 Å². The zero-order valence-electron chi connectivity index (χ0n) is 42.0. The summed E-state index contributed by atoms with van der Waals surface area (Å²) < 4.78 is 21.3. The van der Waals surface area contributed by atoms with E-state index in [1.807, 2.05) is 26.1 Å². The lowest BCUT2D eigenvalue weighted by molar-refractivity contribution is -0.157. The second-order valence-electron chi connectivity index (χ2n) is 21.1. The first-order chi connectivity index (χ1) is 33.6. The molecule has 2 unspecified atom stereocenters. The maximum absolute atomic E-state index is 14.9. The van der Waals surface area contributed by atoms with Gasteiger partial charge in [-0.1, -0.05) is 46.4 Å². The minimum Gasteiger partial charge on any atom is -0.464 e. The van der Waals surface area contributed by atoms with Gasteiger partial charge < -0.3 is 38.8 Å². The number of likely N-dealkylation sites (tertiary alicyclic amines) is 1. The van der Waals surface area contributed by atoms with Crippen molar-refractivity contribution in [3.8, 4) is 11.3 Å². The van der Waals surface area contributed by atoms with E-state index in [1.54, 1.807) is 24.0 Å². The molecule has 1 spiro atoms. The molecule has 17 nitrogen and oxygen atoms in total. The first-order valence-corrected chi connectivity index (χ1v) is 25.3. The highest BCUT2D eigenvalue weighted by atomic mass is 16.5. The molecule has 70 heavy (non-hydrogen) atoms. The summed E-state index contributed by atoms with van der Waals surface area (Å²) in [4.78, 5) is 82.6. The second-order valence-corrected chi connectivity index (χ2v) is 21.1. The number of likely N-dealkylation sites (N-methyl/N-ethyl adjacent to an activating group) is 1. The van der Waals surface area contributed by atoms with Crippen LogP contribution in [0, 0.1) is 11.3 Å². The number of hydrazine groups is 1. The highest BCUT2D eigenvalue weighted by Gasteiger charge is 2.48. The molecule has 5 aliphatic heterocycles. The van der Waals surface area contributed by atoms with E-state index < -0.39 is 47.1 Å². The molecule has 0 saturated carbocycles. The van der Waals surface area contributed by atoms with E-state index in [9.17, 15) is 24.0 Å². The van der Waals surface area contributed by atoms with E-state index in [2.05, 4.69) is 77.9 Å². The predicted octanol–water partition coefficient (Wildman–Crippen LogP) is 5.12. The summed E-state index contributed by atoms with van der Waals surface area (Å²) in [5.41, 5.74) is 9.46. The third-order valence-corrected chi connectivity index (χ3v) is 15.8. The number of hydrogen-bond donors (Lipinski definition) is 2. The molecule has 5 amide bonds. The minimum atomic E-state index is -1.01. The molecule has 6 atom stereocenters. The Hall–Kier alpha value is -5.62.